The van der Waals surface area contributed by atoms with Gasteiger partial charge in [-0.3, -0.25) is 4.79 Å². The van der Waals surface area contributed by atoms with Crippen molar-refractivity contribution in [2.75, 3.05) is 13.2 Å². The zero-order valence-electron chi connectivity index (χ0n) is 15.4. The minimum Gasteiger partial charge on any atom is -0.491 e. The largest absolute Gasteiger partial charge is 0.491 e. The molecule has 0 unspecified atom stereocenters. The van der Waals surface area contributed by atoms with Crippen molar-refractivity contribution in [3.05, 3.63) is 66.1 Å². The second-order valence-electron chi connectivity index (χ2n) is 6.18. The van der Waals surface area contributed by atoms with Crippen LogP contribution in [-0.2, 0) is 11.2 Å². The van der Waals surface area contributed by atoms with Gasteiger partial charge >= 0.3 is 0 Å². The van der Waals surface area contributed by atoms with E-state index in [1.807, 2.05) is 61.5 Å². The summed E-state index contributed by atoms with van der Waals surface area (Å²) < 4.78 is 11.3. The number of carbonyl (C=O) groups is 1. The highest BCUT2D eigenvalue weighted by atomic mass is 16.5. The molecule has 6 heteroatoms. The summed E-state index contributed by atoms with van der Waals surface area (Å²) in [5.74, 6) is 1.89. The van der Waals surface area contributed by atoms with E-state index in [1.54, 1.807) is 0 Å². The number of hydrogen-bond donors (Lipinski definition) is 1. The van der Waals surface area contributed by atoms with Gasteiger partial charge in [0, 0.05) is 18.4 Å². The van der Waals surface area contributed by atoms with Gasteiger partial charge in [-0.2, -0.15) is 0 Å². The molecule has 3 rings (SSSR count). The molecule has 0 radical (unpaired) electrons. The number of benzene rings is 2. The summed E-state index contributed by atoms with van der Waals surface area (Å²) in [7, 11) is 0. The highest BCUT2D eigenvalue weighted by Gasteiger charge is 2.09. The molecule has 3 aromatic rings. The van der Waals surface area contributed by atoms with Crippen LogP contribution in [0.5, 0.6) is 5.75 Å². The van der Waals surface area contributed by atoms with E-state index in [-0.39, 0.29) is 5.91 Å². The Labute approximate surface area is 158 Å². The van der Waals surface area contributed by atoms with Crippen molar-refractivity contribution in [3.63, 3.8) is 0 Å². The first-order valence-corrected chi connectivity index (χ1v) is 9.05. The lowest BCUT2D eigenvalue weighted by atomic mass is 10.2. The van der Waals surface area contributed by atoms with E-state index >= 15 is 0 Å². The van der Waals surface area contributed by atoms with Gasteiger partial charge in [0.25, 0.3) is 0 Å². The van der Waals surface area contributed by atoms with Gasteiger partial charge in [-0.05, 0) is 37.1 Å². The van der Waals surface area contributed by atoms with E-state index in [1.165, 1.54) is 0 Å². The third kappa shape index (κ3) is 5.67. The van der Waals surface area contributed by atoms with Crippen LogP contribution in [0, 0.1) is 6.92 Å². The summed E-state index contributed by atoms with van der Waals surface area (Å²) in [6.07, 6.45) is 1.64. The molecule has 1 amide bonds. The Hall–Kier alpha value is -3.15. The SMILES string of the molecule is Cc1ccccc1OCCNC(=O)CCCc1nnc(-c2ccccc2)o1. The fourth-order valence-corrected chi connectivity index (χ4v) is 2.61. The number of hydrogen-bond acceptors (Lipinski definition) is 5. The van der Waals surface area contributed by atoms with Crippen molar-refractivity contribution in [2.45, 2.75) is 26.2 Å². The first kappa shape index (κ1) is 18.6. The molecule has 27 heavy (non-hydrogen) atoms. The molecule has 2 aromatic carbocycles. The van der Waals surface area contributed by atoms with Crippen LogP contribution in [0.15, 0.2) is 59.0 Å². The zero-order chi connectivity index (χ0) is 18.9. The van der Waals surface area contributed by atoms with Gasteiger partial charge in [0.05, 0.1) is 6.54 Å². The molecule has 1 aromatic heterocycles. The molecule has 0 aliphatic carbocycles. The third-order valence-corrected chi connectivity index (χ3v) is 4.06. The number of aromatic nitrogens is 2. The maximum Gasteiger partial charge on any atom is 0.247 e. The van der Waals surface area contributed by atoms with Gasteiger partial charge < -0.3 is 14.5 Å². The van der Waals surface area contributed by atoms with E-state index in [0.29, 0.717) is 44.2 Å². The van der Waals surface area contributed by atoms with E-state index in [0.717, 1.165) is 16.9 Å². The van der Waals surface area contributed by atoms with Crippen molar-refractivity contribution < 1.29 is 13.9 Å². The molecule has 0 bridgehead atoms. The van der Waals surface area contributed by atoms with Crippen LogP contribution in [0.25, 0.3) is 11.5 Å². The molecule has 0 spiro atoms. The number of ether oxygens (including phenoxy) is 1. The van der Waals surface area contributed by atoms with Crippen molar-refractivity contribution >= 4 is 5.91 Å². The van der Waals surface area contributed by atoms with Crippen molar-refractivity contribution in [1.29, 1.82) is 0 Å². The number of aryl methyl sites for hydroxylation is 2. The van der Waals surface area contributed by atoms with Crippen LogP contribution in [0.2, 0.25) is 0 Å². The Morgan fingerprint density at radius 1 is 1.07 bits per heavy atom. The van der Waals surface area contributed by atoms with Gasteiger partial charge in [0.15, 0.2) is 0 Å². The maximum atomic E-state index is 11.9. The number of nitrogens with one attached hydrogen (secondary N) is 1. The van der Waals surface area contributed by atoms with E-state index in [4.69, 9.17) is 9.15 Å². The molecule has 0 saturated heterocycles. The molecule has 140 valence electrons. The van der Waals surface area contributed by atoms with E-state index in [9.17, 15) is 4.79 Å². The standard InChI is InChI=1S/C21H23N3O3/c1-16-8-5-6-11-18(16)26-15-14-22-19(25)12-7-13-20-23-24-21(27-20)17-9-3-2-4-10-17/h2-6,8-11H,7,12-15H2,1H3,(H,22,25). The molecule has 0 aliphatic rings. The summed E-state index contributed by atoms with van der Waals surface area (Å²) in [4.78, 5) is 11.9. The second-order valence-corrected chi connectivity index (χ2v) is 6.18. The van der Waals surface area contributed by atoms with Gasteiger partial charge in [-0.15, -0.1) is 10.2 Å². The predicted octanol–water partition coefficient (Wildman–Crippen LogP) is 3.56. The first-order chi connectivity index (χ1) is 13.2. The highest BCUT2D eigenvalue weighted by molar-refractivity contribution is 5.75. The molecule has 0 fully saturated rings. The lowest BCUT2D eigenvalue weighted by molar-refractivity contribution is -0.121. The quantitative estimate of drug-likeness (QED) is 0.587. The van der Waals surface area contributed by atoms with Gasteiger partial charge in [-0.25, -0.2) is 0 Å². The molecule has 0 saturated carbocycles. The fraction of sp³-hybridized carbons (Fsp3) is 0.286. The number of amides is 1. The lowest BCUT2D eigenvalue weighted by Gasteiger charge is -2.09. The van der Waals surface area contributed by atoms with Crippen molar-refractivity contribution in [3.8, 4) is 17.2 Å². The van der Waals surface area contributed by atoms with Crippen molar-refractivity contribution in [2.24, 2.45) is 0 Å². The zero-order valence-corrected chi connectivity index (χ0v) is 15.4. The van der Waals surface area contributed by atoms with Gasteiger partial charge in [-0.1, -0.05) is 36.4 Å². The van der Waals surface area contributed by atoms with Gasteiger partial charge in [0.2, 0.25) is 17.7 Å². The smallest absolute Gasteiger partial charge is 0.247 e. The molecule has 6 nitrogen and oxygen atoms in total. The molecular formula is C21H23N3O3. The number of rotatable bonds is 9. The Kier molecular flexibility index (Phi) is 6.57. The molecule has 0 atom stereocenters. The second kappa shape index (κ2) is 9.52. The average molecular weight is 365 g/mol. The van der Waals surface area contributed by atoms with Crippen LogP contribution in [0.1, 0.15) is 24.3 Å². The number of carbonyl (C=O) groups excluding carboxylic acids is 1. The summed E-state index contributed by atoms with van der Waals surface area (Å²) in [6.45, 7) is 2.92. The molecule has 0 aliphatic heterocycles. The molecule has 1 heterocycles. The Balaban J connectivity index is 1.33. The topological polar surface area (TPSA) is 77.2 Å². The van der Waals surface area contributed by atoms with Crippen molar-refractivity contribution in [1.82, 2.24) is 15.5 Å². The van der Waals surface area contributed by atoms with E-state index in [2.05, 4.69) is 15.5 Å². The van der Waals surface area contributed by atoms with Gasteiger partial charge in [0.1, 0.15) is 12.4 Å². The minimum absolute atomic E-state index is 0.00817. The monoisotopic (exact) mass is 365 g/mol. The molecular weight excluding hydrogens is 342 g/mol. The first-order valence-electron chi connectivity index (χ1n) is 9.05. The summed E-state index contributed by atoms with van der Waals surface area (Å²) in [5, 5.41) is 10.9. The summed E-state index contributed by atoms with van der Waals surface area (Å²) >= 11 is 0. The third-order valence-electron chi connectivity index (χ3n) is 4.06. The Bertz CT molecular complexity index is 862. The normalized spacial score (nSPS) is 10.6. The number of nitrogens with zero attached hydrogens (tertiary/aromatic N) is 2. The highest BCUT2D eigenvalue weighted by Crippen LogP contribution is 2.18. The summed E-state index contributed by atoms with van der Waals surface area (Å²) in [5.41, 5.74) is 1.97. The fourth-order valence-electron chi connectivity index (χ4n) is 2.61. The average Bonchev–Trinajstić information content (AvgIpc) is 3.16. The lowest BCUT2D eigenvalue weighted by Crippen LogP contribution is -2.28. The van der Waals surface area contributed by atoms with E-state index < -0.39 is 0 Å². The van der Waals surface area contributed by atoms with Crippen LogP contribution >= 0.6 is 0 Å². The van der Waals surface area contributed by atoms with Crippen LogP contribution in [0.3, 0.4) is 0 Å². The molecule has 1 N–H and O–H groups in total. The van der Waals surface area contributed by atoms with Crippen LogP contribution in [0.4, 0.5) is 0 Å². The predicted molar refractivity (Wildman–Crippen MR) is 102 cm³/mol. The minimum atomic E-state index is -0.00817. The van der Waals surface area contributed by atoms with Crippen LogP contribution in [-0.4, -0.2) is 29.3 Å². The van der Waals surface area contributed by atoms with Crippen LogP contribution < -0.4 is 10.1 Å². The Morgan fingerprint density at radius 3 is 2.67 bits per heavy atom. The Morgan fingerprint density at radius 2 is 1.85 bits per heavy atom. The summed E-state index contributed by atoms with van der Waals surface area (Å²) in [6, 6.07) is 17.4. The number of para-hydroxylation sites is 1. The maximum absolute atomic E-state index is 11.9.